The minimum atomic E-state index is -4.62. The second-order valence-electron chi connectivity index (χ2n) is 5.75. The van der Waals surface area contributed by atoms with E-state index in [1.807, 2.05) is 0 Å². The van der Waals surface area contributed by atoms with E-state index in [1.54, 1.807) is 31.4 Å². The number of nitrogens with zero attached hydrogens (tertiary/aromatic N) is 1. The number of carbonyl (C=O) groups is 1. The SMILES string of the molecule is COc1ccc(C2=NOC(C(=O)Nc3ccc(Cl)c(C(F)(F)F)c3)C2)cc1. The third-order valence-electron chi connectivity index (χ3n) is 3.92. The van der Waals surface area contributed by atoms with Crippen molar-refractivity contribution in [2.24, 2.45) is 5.16 Å². The second kappa shape index (κ2) is 7.48. The van der Waals surface area contributed by atoms with E-state index in [-0.39, 0.29) is 12.1 Å². The van der Waals surface area contributed by atoms with Gasteiger partial charge in [0.05, 0.1) is 23.4 Å². The number of nitrogens with one attached hydrogen (secondary N) is 1. The molecule has 0 aliphatic carbocycles. The summed E-state index contributed by atoms with van der Waals surface area (Å²) in [5.74, 6) is 0.0773. The Labute approximate surface area is 157 Å². The summed E-state index contributed by atoms with van der Waals surface area (Å²) in [5, 5.41) is 5.85. The van der Waals surface area contributed by atoms with Crippen molar-refractivity contribution in [3.63, 3.8) is 0 Å². The van der Waals surface area contributed by atoms with Crippen LogP contribution in [0.25, 0.3) is 0 Å². The number of benzene rings is 2. The highest BCUT2D eigenvalue weighted by atomic mass is 35.5. The third kappa shape index (κ3) is 4.33. The van der Waals surface area contributed by atoms with Crippen LogP contribution in [0.2, 0.25) is 5.02 Å². The molecule has 1 heterocycles. The average molecular weight is 399 g/mol. The van der Waals surface area contributed by atoms with Crippen molar-refractivity contribution in [1.29, 1.82) is 0 Å². The first kappa shape index (κ1) is 19.0. The van der Waals surface area contributed by atoms with Gasteiger partial charge in [-0.1, -0.05) is 16.8 Å². The molecule has 142 valence electrons. The summed E-state index contributed by atoms with van der Waals surface area (Å²) < 4.78 is 43.8. The maximum atomic E-state index is 12.9. The molecule has 0 radical (unpaired) electrons. The predicted octanol–water partition coefficient (Wildman–Crippen LogP) is 4.50. The maximum absolute atomic E-state index is 12.9. The van der Waals surface area contributed by atoms with Crippen molar-refractivity contribution in [2.45, 2.75) is 18.7 Å². The van der Waals surface area contributed by atoms with Crippen LogP contribution in [0.15, 0.2) is 47.6 Å². The lowest BCUT2D eigenvalue weighted by atomic mass is 10.0. The molecule has 0 aromatic heterocycles. The Morgan fingerprint density at radius 1 is 1.26 bits per heavy atom. The van der Waals surface area contributed by atoms with Gasteiger partial charge in [0.25, 0.3) is 5.91 Å². The Morgan fingerprint density at radius 3 is 2.59 bits per heavy atom. The van der Waals surface area contributed by atoms with Gasteiger partial charge in [-0.2, -0.15) is 13.2 Å². The third-order valence-corrected chi connectivity index (χ3v) is 4.25. The molecule has 1 unspecified atom stereocenters. The van der Waals surface area contributed by atoms with Gasteiger partial charge in [0.2, 0.25) is 6.10 Å². The highest BCUT2D eigenvalue weighted by Gasteiger charge is 2.34. The molecule has 2 aromatic carbocycles. The van der Waals surface area contributed by atoms with Crippen LogP contribution in [0.3, 0.4) is 0 Å². The first-order valence-corrected chi connectivity index (χ1v) is 8.20. The monoisotopic (exact) mass is 398 g/mol. The Bertz CT molecular complexity index is 882. The van der Waals surface area contributed by atoms with Crippen LogP contribution in [0.5, 0.6) is 5.75 Å². The van der Waals surface area contributed by atoms with Crippen molar-refractivity contribution in [3.05, 3.63) is 58.6 Å². The van der Waals surface area contributed by atoms with E-state index in [1.165, 1.54) is 6.07 Å². The molecule has 0 spiro atoms. The van der Waals surface area contributed by atoms with Gasteiger partial charge in [-0.15, -0.1) is 0 Å². The maximum Gasteiger partial charge on any atom is 0.417 e. The first-order valence-electron chi connectivity index (χ1n) is 7.82. The number of alkyl halides is 3. The van der Waals surface area contributed by atoms with Crippen LogP contribution in [-0.4, -0.2) is 24.8 Å². The van der Waals surface area contributed by atoms with Crippen molar-refractivity contribution in [3.8, 4) is 5.75 Å². The largest absolute Gasteiger partial charge is 0.497 e. The summed E-state index contributed by atoms with van der Waals surface area (Å²) in [4.78, 5) is 17.4. The molecule has 3 rings (SSSR count). The Kier molecular flexibility index (Phi) is 5.27. The van der Waals surface area contributed by atoms with Gasteiger partial charge in [-0.25, -0.2) is 0 Å². The number of halogens is 4. The fraction of sp³-hybridized carbons (Fsp3) is 0.222. The Hall–Kier alpha value is -2.74. The number of hydrogen-bond donors (Lipinski definition) is 1. The number of anilines is 1. The number of amides is 1. The molecule has 5 nitrogen and oxygen atoms in total. The smallest absolute Gasteiger partial charge is 0.417 e. The van der Waals surface area contributed by atoms with Gasteiger partial charge in [-0.3, -0.25) is 4.79 Å². The lowest BCUT2D eigenvalue weighted by molar-refractivity contribution is -0.137. The zero-order chi connectivity index (χ0) is 19.6. The minimum Gasteiger partial charge on any atom is -0.497 e. The molecule has 0 fully saturated rings. The number of ether oxygens (including phenoxy) is 1. The number of methoxy groups -OCH3 is 1. The van der Waals surface area contributed by atoms with Crippen molar-refractivity contribution < 1.29 is 27.5 Å². The molecule has 1 aliphatic rings. The number of carbonyl (C=O) groups excluding carboxylic acids is 1. The molecule has 1 N–H and O–H groups in total. The number of rotatable bonds is 4. The summed E-state index contributed by atoms with van der Waals surface area (Å²) in [6.45, 7) is 0. The van der Waals surface area contributed by atoms with Crippen LogP contribution in [0, 0.1) is 0 Å². The van der Waals surface area contributed by atoms with E-state index >= 15 is 0 Å². The molecule has 1 atom stereocenters. The average Bonchev–Trinajstić information content (AvgIpc) is 3.13. The van der Waals surface area contributed by atoms with Crippen LogP contribution in [0.4, 0.5) is 18.9 Å². The zero-order valence-corrected chi connectivity index (χ0v) is 14.8. The van der Waals surface area contributed by atoms with Crippen molar-refractivity contribution in [1.82, 2.24) is 0 Å². The summed E-state index contributed by atoms with van der Waals surface area (Å²) in [6, 6.07) is 10.2. The standard InChI is InChI=1S/C18H14ClF3N2O3/c1-26-12-5-2-10(3-6-12)15-9-16(27-24-15)17(25)23-11-4-7-14(19)13(8-11)18(20,21)22/h2-8,16H,9H2,1H3,(H,23,25). The summed E-state index contributed by atoms with van der Waals surface area (Å²) in [6.07, 6.45) is -5.36. The van der Waals surface area contributed by atoms with E-state index in [9.17, 15) is 18.0 Å². The summed E-state index contributed by atoms with van der Waals surface area (Å²) >= 11 is 5.57. The van der Waals surface area contributed by atoms with E-state index in [0.29, 0.717) is 11.5 Å². The molecule has 2 aromatic rings. The quantitative estimate of drug-likeness (QED) is 0.825. The molecule has 9 heteroatoms. The van der Waals surface area contributed by atoms with Gasteiger partial charge in [-0.05, 0) is 48.0 Å². The lowest BCUT2D eigenvalue weighted by Gasteiger charge is -2.13. The fourth-order valence-corrected chi connectivity index (χ4v) is 2.74. The molecule has 0 bridgehead atoms. The zero-order valence-electron chi connectivity index (χ0n) is 14.0. The Morgan fingerprint density at radius 2 is 1.96 bits per heavy atom. The topological polar surface area (TPSA) is 59.9 Å². The highest BCUT2D eigenvalue weighted by molar-refractivity contribution is 6.31. The molecule has 1 aliphatic heterocycles. The second-order valence-corrected chi connectivity index (χ2v) is 6.15. The van der Waals surface area contributed by atoms with Gasteiger partial charge in [0.1, 0.15) is 5.75 Å². The summed E-state index contributed by atoms with van der Waals surface area (Å²) in [7, 11) is 1.55. The highest BCUT2D eigenvalue weighted by Crippen LogP contribution is 2.36. The van der Waals surface area contributed by atoms with E-state index < -0.39 is 28.8 Å². The molecular formula is C18H14ClF3N2O3. The molecule has 0 saturated heterocycles. The predicted molar refractivity (Wildman–Crippen MR) is 94.1 cm³/mol. The fourth-order valence-electron chi connectivity index (χ4n) is 2.51. The summed E-state index contributed by atoms with van der Waals surface area (Å²) in [5.41, 5.74) is 0.268. The number of hydrogen-bond acceptors (Lipinski definition) is 4. The molecule has 0 saturated carbocycles. The van der Waals surface area contributed by atoms with E-state index in [0.717, 1.165) is 17.7 Å². The van der Waals surface area contributed by atoms with Gasteiger partial charge in [0.15, 0.2) is 0 Å². The van der Waals surface area contributed by atoms with E-state index in [2.05, 4.69) is 10.5 Å². The van der Waals surface area contributed by atoms with Gasteiger partial charge < -0.3 is 14.9 Å². The lowest BCUT2D eigenvalue weighted by Crippen LogP contribution is -2.28. The Balaban J connectivity index is 1.66. The molecule has 1 amide bonds. The van der Waals surface area contributed by atoms with Crippen LogP contribution >= 0.6 is 11.6 Å². The van der Waals surface area contributed by atoms with Gasteiger partial charge >= 0.3 is 6.18 Å². The molecule has 27 heavy (non-hydrogen) atoms. The van der Waals surface area contributed by atoms with Crippen LogP contribution in [0.1, 0.15) is 17.5 Å². The number of oxime groups is 1. The van der Waals surface area contributed by atoms with Gasteiger partial charge in [0, 0.05) is 12.1 Å². The van der Waals surface area contributed by atoms with E-state index in [4.69, 9.17) is 21.2 Å². The van der Waals surface area contributed by atoms with Crippen molar-refractivity contribution >= 4 is 28.9 Å². The molecular weight excluding hydrogens is 385 g/mol. The van der Waals surface area contributed by atoms with Crippen LogP contribution < -0.4 is 10.1 Å². The van der Waals surface area contributed by atoms with Crippen LogP contribution in [-0.2, 0) is 15.8 Å². The normalized spacial score (nSPS) is 16.5. The minimum absolute atomic E-state index is 0.0294. The first-order chi connectivity index (χ1) is 12.8. The van der Waals surface area contributed by atoms with Crippen molar-refractivity contribution in [2.75, 3.05) is 12.4 Å².